The summed E-state index contributed by atoms with van der Waals surface area (Å²) in [6.45, 7) is 1.29. The first-order valence-corrected chi connectivity index (χ1v) is 10.6. The molecule has 0 radical (unpaired) electrons. The first-order chi connectivity index (χ1) is 16.7. The Morgan fingerprint density at radius 3 is 2.49 bits per heavy atom. The van der Waals surface area contributed by atoms with Gasteiger partial charge in [-0.3, -0.25) is 24.5 Å². The maximum atomic E-state index is 12.4. The second-order valence-corrected chi connectivity index (χ2v) is 7.47. The lowest BCUT2D eigenvalue weighted by molar-refractivity contribution is -0.383. The third-order valence-corrected chi connectivity index (χ3v) is 5.17. The minimum absolute atomic E-state index is 0.0411. The summed E-state index contributed by atoms with van der Waals surface area (Å²) >= 11 is 0. The number of carbonyl (C=O) groups excluding carboxylic acids is 4. The summed E-state index contributed by atoms with van der Waals surface area (Å²) in [5, 5.41) is 13.5. The molecule has 2 aromatic carbocycles. The van der Waals surface area contributed by atoms with Gasteiger partial charge in [0.1, 0.15) is 11.4 Å². The average molecular weight is 485 g/mol. The summed E-state index contributed by atoms with van der Waals surface area (Å²) < 4.78 is 15.0. The summed E-state index contributed by atoms with van der Waals surface area (Å²) in [6.07, 6.45) is -0.110. The fourth-order valence-corrected chi connectivity index (χ4v) is 3.45. The van der Waals surface area contributed by atoms with E-state index in [2.05, 4.69) is 5.32 Å². The van der Waals surface area contributed by atoms with E-state index in [0.717, 1.165) is 0 Å². The van der Waals surface area contributed by atoms with E-state index in [1.165, 1.54) is 42.3 Å². The number of anilines is 2. The van der Waals surface area contributed by atoms with Gasteiger partial charge in [0, 0.05) is 30.8 Å². The number of rotatable bonds is 9. The molecule has 2 amide bonds. The first-order valence-electron chi connectivity index (χ1n) is 10.6. The zero-order chi connectivity index (χ0) is 25.5. The number of nitro groups is 1. The van der Waals surface area contributed by atoms with Gasteiger partial charge in [0.25, 0.3) is 11.6 Å². The summed E-state index contributed by atoms with van der Waals surface area (Å²) in [6, 6.07) is 10.0. The van der Waals surface area contributed by atoms with Crippen molar-refractivity contribution in [3.8, 4) is 5.75 Å². The molecule has 184 valence electrons. The molecule has 1 aliphatic heterocycles. The van der Waals surface area contributed by atoms with E-state index in [-0.39, 0.29) is 36.9 Å². The maximum absolute atomic E-state index is 12.4. The first kappa shape index (κ1) is 25.1. The van der Waals surface area contributed by atoms with Crippen LogP contribution in [0.15, 0.2) is 42.5 Å². The van der Waals surface area contributed by atoms with E-state index in [4.69, 9.17) is 14.2 Å². The van der Waals surface area contributed by atoms with Gasteiger partial charge in [-0.25, -0.2) is 4.79 Å². The fraction of sp³-hybridized carbons (Fsp3) is 0.304. The Morgan fingerprint density at radius 1 is 1.14 bits per heavy atom. The van der Waals surface area contributed by atoms with E-state index < -0.39 is 35.3 Å². The summed E-state index contributed by atoms with van der Waals surface area (Å²) in [5.41, 5.74) is 0.377. The predicted molar refractivity (Wildman–Crippen MR) is 122 cm³/mol. The van der Waals surface area contributed by atoms with Crippen LogP contribution in [0.5, 0.6) is 5.75 Å². The molecule has 12 heteroatoms. The van der Waals surface area contributed by atoms with Gasteiger partial charge in [0.15, 0.2) is 6.61 Å². The van der Waals surface area contributed by atoms with Crippen molar-refractivity contribution in [2.24, 2.45) is 5.92 Å². The molecule has 1 saturated heterocycles. The van der Waals surface area contributed by atoms with Gasteiger partial charge in [0.05, 0.1) is 30.1 Å². The SMILES string of the molecule is CCOC(=O)c1ccc(N2C[C@H](C(=O)OCC(=O)Nc3cc(OC)ccc3[N+](=O)[O-])CC2=O)cc1. The topological polar surface area (TPSA) is 154 Å². The minimum Gasteiger partial charge on any atom is -0.497 e. The van der Waals surface area contributed by atoms with Crippen molar-refractivity contribution in [3.63, 3.8) is 0 Å². The Kier molecular flexibility index (Phi) is 7.97. The predicted octanol–water partition coefficient (Wildman–Crippen LogP) is 2.31. The fourth-order valence-electron chi connectivity index (χ4n) is 3.45. The second-order valence-electron chi connectivity index (χ2n) is 7.47. The van der Waals surface area contributed by atoms with Crippen molar-refractivity contribution in [1.29, 1.82) is 0 Å². The Balaban J connectivity index is 1.57. The van der Waals surface area contributed by atoms with E-state index >= 15 is 0 Å². The summed E-state index contributed by atoms with van der Waals surface area (Å²) in [4.78, 5) is 60.8. The number of nitro benzene ring substituents is 1. The molecule has 0 aromatic heterocycles. The molecule has 1 heterocycles. The number of ether oxygens (including phenoxy) is 3. The van der Waals surface area contributed by atoms with Crippen LogP contribution in [-0.2, 0) is 23.9 Å². The molecular formula is C23H23N3O9. The molecule has 35 heavy (non-hydrogen) atoms. The van der Waals surface area contributed by atoms with Crippen molar-refractivity contribution >= 4 is 40.8 Å². The maximum Gasteiger partial charge on any atom is 0.338 e. The van der Waals surface area contributed by atoms with Gasteiger partial charge in [-0.15, -0.1) is 0 Å². The molecular weight excluding hydrogens is 462 g/mol. The highest BCUT2D eigenvalue weighted by molar-refractivity contribution is 6.00. The highest BCUT2D eigenvalue weighted by Crippen LogP contribution is 2.29. The second kappa shape index (κ2) is 11.1. The number of carbonyl (C=O) groups is 4. The minimum atomic E-state index is -0.800. The molecule has 12 nitrogen and oxygen atoms in total. The average Bonchev–Trinajstić information content (AvgIpc) is 3.24. The van der Waals surface area contributed by atoms with Gasteiger partial charge < -0.3 is 24.4 Å². The van der Waals surface area contributed by atoms with Crippen molar-refractivity contribution in [2.75, 3.05) is 37.1 Å². The van der Waals surface area contributed by atoms with Gasteiger partial charge in [-0.1, -0.05) is 0 Å². The quantitative estimate of drug-likeness (QED) is 0.320. The van der Waals surface area contributed by atoms with Crippen molar-refractivity contribution in [3.05, 3.63) is 58.1 Å². The molecule has 1 fully saturated rings. The molecule has 0 saturated carbocycles. The third kappa shape index (κ3) is 6.10. The number of nitrogens with zero attached hydrogens (tertiary/aromatic N) is 2. The number of hydrogen-bond donors (Lipinski definition) is 1. The smallest absolute Gasteiger partial charge is 0.338 e. The van der Waals surface area contributed by atoms with E-state index in [9.17, 15) is 29.3 Å². The zero-order valence-corrected chi connectivity index (χ0v) is 19.0. The van der Waals surface area contributed by atoms with Crippen LogP contribution in [-0.4, -0.2) is 55.5 Å². The van der Waals surface area contributed by atoms with Crippen LogP contribution in [0.3, 0.4) is 0 Å². The normalized spacial score (nSPS) is 14.9. The van der Waals surface area contributed by atoms with Gasteiger partial charge in [0.2, 0.25) is 5.91 Å². The lowest BCUT2D eigenvalue weighted by Crippen LogP contribution is -2.28. The van der Waals surface area contributed by atoms with Crippen LogP contribution >= 0.6 is 0 Å². The summed E-state index contributed by atoms with van der Waals surface area (Å²) in [7, 11) is 1.37. The number of nitrogens with one attached hydrogen (secondary N) is 1. The van der Waals surface area contributed by atoms with Crippen LogP contribution in [0.1, 0.15) is 23.7 Å². The van der Waals surface area contributed by atoms with E-state index in [1.807, 2.05) is 0 Å². The lowest BCUT2D eigenvalue weighted by atomic mass is 10.1. The Morgan fingerprint density at radius 2 is 1.86 bits per heavy atom. The molecule has 3 rings (SSSR count). The molecule has 1 aliphatic rings. The Bertz CT molecular complexity index is 1150. The van der Waals surface area contributed by atoms with Crippen LogP contribution in [0, 0.1) is 16.0 Å². The number of amides is 2. The van der Waals surface area contributed by atoms with Crippen LogP contribution in [0.25, 0.3) is 0 Å². The zero-order valence-electron chi connectivity index (χ0n) is 19.0. The molecule has 1 N–H and O–H groups in total. The standard InChI is InChI=1S/C23H23N3O9/c1-3-34-22(29)14-4-6-16(7-5-14)25-12-15(10-21(25)28)23(30)35-13-20(27)24-18-11-17(33-2)8-9-19(18)26(31)32/h4-9,11,15H,3,10,12-13H2,1-2H3,(H,24,27)/t15-/m1/s1. The molecule has 0 unspecified atom stereocenters. The van der Waals surface area contributed by atoms with Gasteiger partial charge in [-0.05, 0) is 37.3 Å². The molecule has 0 spiro atoms. The van der Waals surface area contributed by atoms with Crippen LogP contribution < -0.4 is 15.0 Å². The number of esters is 2. The van der Waals surface area contributed by atoms with E-state index in [0.29, 0.717) is 17.0 Å². The Hall–Kier alpha value is -4.48. The largest absolute Gasteiger partial charge is 0.497 e. The van der Waals surface area contributed by atoms with Crippen molar-refractivity contribution in [2.45, 2.75) is 13.3 Å². The number of hydrogen-bond acceptors (Lipinski definition) is 9. The van der Waals surface area contributed by atoms with Crippen molar-refractivity contribution < 1.29 is 38.3 Å². The van der Waals surface area contributed by atoms with E-state index in [1.54, 1.807) is 19.1 Å². The van der Waals surface area contributed by atoms with Crippen LogP contribution in [0.2, 0.25) is 0 Å². The molecule has 0 aliphatic carbocycles. The lowest BCUT2D eigenvalue weighted by Gasteiger charge is -2.17. The number of benzene rings is 2. The van der Waals surface area contributed by atoms with Gasteiger partial charge >= 0.3 is 11.9 Å². The number of methoxy groups -OCH3 is 1. The third-order valence-electron chi connectivity index (χ3n) is 5.17. The Labute approximate surface area is 199 Å². The van der Waals surface area contributed by atoms with Crippen molar-refractivity contribution in [1.82, 2.24) is 0 Å². The molecule has 0 bridgehead atoms. The highest BCUT2D eigenvalue weighted by atomic mass is 16.6. The monoisotopic (exact) mass is 485 g/mol. The summed E-state index contributed by atoms with van der Waals surface area (Å²) in [5.74, 6) is -2.84. The van der Waals surface area contributed by atoms with Crippen LogP contribution in [0.4, 0.5) is 17.1 Å². The molecule has 2 aromatic rings. The van der Waals surface area contributed by atoms with Gasteiger partial charge in [-0.2, -0.15) is 0 Å². The molecule has 1 atom stereocenters. The highest BCUT2D eigenvalue weighted by Gasteiger charge is 2.36.